The zero-order chi connectivity index (χ0) is 14.5. The number of amides is 1. The first-order chi connectivity index (χ1) is 9.61. The number of hydrogen-bond acceptors (Lipinski definition) is 2. The number of rotatable bonds is 5. The predicted molar refractivity (Wildman–Crippen MR) is 81.1 cm³/mol. The lowest BCUT2D eigenvalue weighted by Crippen LogP contribution is -2.13. The van der Waals surface area contributed by atoms with E-state index in [1.165, 1.54) is 18.4 Å². The Balaban J connectivity index is 2.05. The second kappa shape index (κ2) is 6.37. The van der Waals surface area contributed by atoms with Crippen LogP contribution in [-0.4, -0.2) is 16.1 Å². The maximum Gasteiger partial charge on any atom is 0.259 e. The second-order valence-electron chi connectivity index (χ2n) is 5.06. The maximum absolute atomic E-state index is 12.2. The molecule has 2 N–H and O–H groups in total. The first-order valence-corrected chi connectivity index (χ1v) is 7.03. The lowest BCUT2D eigenvalue weighted by molar-refractivity contribution is 0.102. The molecule has 0 aliphatic carbocycles. The molecule has 4 heteroatoms. The number of H-pyrrole nitrogens is 1. The van der Waals surface area contributed by atoms with E-state index < -0.39 is 0 Å². The molecule has 106 valence electrons. The van der Waals surface area contributed by atoms with Gasteiger partial charge in [0.15, 0.2) is 0 Å². The van der Waals surface area contributed by atoms with Gasteiger partial charge in [-0.1, -0.05) is 25.5 Å². The minimum absolute atomic E-state index is 0.116. The molecule has 4 nitrogen and oxygen atoms in total. The molecule has 0 radical (unpaired) electrons. The Labute approximate surface area is 119 Å². The van der Waals surface area contributed by atoms with Gasteiger partial charge in [0, 0.05) is 11.4 Å². The van der Waals surface area contributed by atoms with E-state index >= 15 is 0 Å². The number of unbranched alkanes of at least 4 members (excludes halogenated alkanes) is 1. The van der Waals surface area contributed by atoms with Crippen LogP contribution in [0.4, 0.5) is 5.69 Å². The van der Waals surface area contributed by atoms with E-state index in [-0.39, 0.29) is 5.91 Å². The number of nitrogens with one attached hydrogen (secondary N) is 2. The van der Waals surface area contributed by atoms with Gasteiger partial charge < -0.3 is 5.32 Å². The molecule has 0 fully saturated rings. The summed E-state index contributed by atoms with van der Waals surface area (Å²) in [6.45, 7) is 5.86. The molecule has 0 aliphatic rings. The highest BCUT2D eigenvalue weighted by Crippen LogP contribution is 2.15. The Kier molecular flexibility index (Phi) is 4.56. The van der Waals surface area contributed by atoms with Crippen molar-refractivity contribution in [3.8, 4) is 0 Å². The van der Waals surface area contributed by atoms with Crippen LogP contribution in [0.3, 0.4) is 0 Å². The predicted octanol–water partition coefficient (Wildman–Crippen LogP) is 3.62. The second-order valence-corrected chi connectivity index (χ2v) is 5.06. The molecule has 0 atom stereocenters. The first-order valence-electron chi connectivity index (χ1n) is 7.03. The molecule has 0 spiro atoms. The van der Waals surface area contributed by atoms with Crippen molar-refractivity contribution < 1.29 is 4.79 Å². The minimum atomic E-state index is -0.116. The average molecular weight is 271 g/mol. The van der Waals surface area contributed by atoms with Crippen LogP contribution in [0.2, 0.25) is 0 Å². The van der Waals surface area contributed by atoms with Gasteiger partial charge in [0.2, 0.25) is 0 Å². The van der Waals surface area contributed by atoms with Crippen LogP contribution in [0, 0.1) is 13.8 Å². The Morgan fingerprint density at radius 3 is 2.50 bits per heavy atom. The van der Waals surface area contributed by atoms with Gasteiger partial charge >= 0.3 is 0 Å². The molecule has 1 aromatic heterocycles. The molecule has 1 heterocycles. The number of hydrogen-bond donors (Lipinski definition) is 2. The van der Waals surface area contributed by atoms with Crippen LogP contribution in [-0.2, 0) is 6.42 Å². The normalized spacial score (nSPS) is 10.6. The number of nitrogens with zero attached hydrogens (tertiary/aromatic N) is 1. The Bertz CT molecular complexity index is 565. The van der Waals surface area contributed by atoms with Gasteiger partial charge in [-0.05, 0) is 44.4 Å². The lowest BCUT2D eigenvalue weighted by Gasteiger charge is -2.06. The average Bonchev–Trinajstić information content (AvgIpc) is 2.77. The van der Waals surface area contributed by atoms with Crippen molar-refractivity contribution in [1.82, 2.24) is 10.2 Å². The quantitative estimate of drug-likeness (QED) is 0.872. The van der Waals surface area contributed by atoms with Crippen LogP contribution >= 0.6 is 0 Å². The number of carbonyl (C=O) groups is 1. The van der Waals surface area contributed by atoms with Crippen molar-refractivity contribution >= 4 is 11.6 Å². The van der Waals surface area contributed by atoms with Gasteiger partial charge in [0.1, 0.15) is 0 Å². The van der Waals surface area contributed by atoms with Gasteiger partial charge in [-0.25, -0.2) is 0 Å². The molecule has 0 saturated carbocycles. The van der Waals surface area contributed by atoms with E-state index in [0.29, 0.717) is 5.56 Å². The summed E-state index contributed by atoms with van der Waals surface area (Å²) in [7, 11) is 0. The van der Waals surface area contributed by atoms with Crippen LogP contribution < -0.4 is 5.32 Å². The molecule has 1 amide bonds. The lowest BCUT2D eigenvalue weighted by atomic mass is 10.1. The Morgan fingerprint density at radius 1 is 1.25 bits per heavy atom. The standard InChI is InChI=1S/C16H21N3O/c1-4-5-6-13-7-9-14(10-8-13)17-16(20)15-11(2)18-19-12(15)3/h7-10H,4-6H2,1-3H3,(H,17,20)(H,18,19). The van der Waals surface area contributed by atoms with Crippen molar-refractivity contribution in [1.29, 1.82) is 0 Å². The molecule has 20 heavy (non-hydrogen) atoms. The summed E-state index contributed by atoms with van der Waals surface area (Å²) in [5, 5.41) is 9.78. The van der Waals surface area contributed by atoms with Crippen molar-refractivity contribution in [2.45, 2.75) is 40.0 Å². The van der Waals surface area contributed by atoms with Crippen LogP contribution in [0.5, 0.6) is 0 Å². The van der Waals surface area contributed by atoms with Crippen LogP contribution in [0.15, 0.2) is 24.3 Å². The SMILES string of the molecule is CCCCc1ccc(NC(=O)c2c(C)n[nH]c2C)cc1. The molecule has 0 aliphatic heterocycles. The van der Waals surface area contributed by atoms with Crippen LogP contribution in [0.1, 0.15) is 47.1 Å². The fourth-order valence-corrected chi connectivity index (χ4v) is 2.21. The van der Waals surface area contributed by atoms with E-state index in [9.17, 15) is 4.79 Å². The van der Waals surface area contributed by atoms with E-state index in [2.05, 4.69) is 34.6 Å². The van der Waals surface area contributed by atoms with Gasteiger partial charge in [-0.15, -0.1) is 0 Å². The molecular formula is C16H21N3O. The number of anilines is 1. The molecule has 2 rings (SSSR count). The molecule has 1 aromatic carbocycles. The van der Waals surface area contributed by atoms with Crippen molar-refractivity contribution in [3.63, 3.8) is 0 Å². The van der Waals surface area contributed by atoms with Crippen LogP contribution in [0.25, 0.3) is 0 Å². The monoisotopic (exact) mass is 271 g/mol. The fraction of sp³-hybridized carbons (Fsp3) is 0.375. The Hall–Kier alpha value is -2.10. The van der Waals surface area contributed by atoms with Gasteiger partial charge in [0.05, 0.1) is 11.3 Å². The summed E-state index contributed by atoms with van der Waals surface area (Å²) in [4.78, 5) is 12.2. The number of benzene rings is 1. The topological polar surface area (TPSA) is 57.8 Å². The fourth-order valence-electron chi connectivity index (χ4n) is 2.21. The Morgan fingerprint density at radius 2 is 1.95 bits per heavy atom. The number of carbonyl (C=O) groups excluding carboxylic acids is 1. The first kappa shape index (κ1) is 14.3. The summed E-state index contributed by atoms with van der Waals surface area (Å²) in [5.41, 5.74) is 4.26. The van der Waals surface area contributed by atoms with Gasteiger partial charge in [-0.3, -0.25) is 9.89 Å². The summed E-state index contributed by atoms with van der Waals surface area (Å²) < 4.78 is 0. The number of aromatic nitrogens is 2. The van der Waals surface area contributed by atoms with Crippen molar-refractivity contribution in [3.05, 3.63) is 46.8 Å². The third-order valence-electron chi connectivity index (χ3n) is 3.39. The minimum Gasteiger partial charge on any atom is -0.322 e. The smallest absolute Gasteiger partial charge is 0.259 e. The highest BCUT2D eigenvalue weighted by atomic mass is 16.1. The number of aryl methyl sites for hydroxylation is 3. The highest BCUT2D eigenvalue weighted by molar-refractivity contribution is 6.05. The summed E-state index contributed by atoms with van der Waals surface area (Å²) in [5.74, 6) is -0.116. The van der Waals surface area contributed by atoms with E-state index in [1.807, 2.05) is 26.0 Å². The molecule has 2 aromatic rings. The molecule has 0 unspecified atom stereocenters. The summed E-state index contributed by atoms with van der Waals surface area (Å²) >= 11 is 0. The number of aromatic amines is 1. The highest BCUT2D eigenvalue weighted by Gasteiger charge is 2.15. The zero-order valence-corrected chi connectivity index (χ0v) is 12.3. The van der Waals surface area contributed by atoms with Crippen molar-refractivity contribution in [2.24, 2.45) is 0 Å². The maximum atomic E-state index is 12.2. The summed E-state index contributed by atoms with van der Waals surface area (Å²) in [6.07, 6.45) is 3.47. The molecule has 0 bridgehead atoms. The largest absolute Gasteiger partial charge is 0.322 e. The molecular weight excluding hydrogens is 250 g/mol. The van der Waals surface area contributed by atoms with Crippen molar-refractivity contribution in [2.75, 3.05) is 5.32 Å². The van der Waals surface area contributed by atoms with E-state index in [4.69, 9.17) is 0 Å². The summed E-state index contributed by atoms with van der Waals surface area (Å²) in [6, 6.07) is 8.04. The van der Waals surface area contributed by atoms with Gasteiger partial charge in [0.25, 0.3) is 5.91 Å². The zero-order valence-electron chi connectivity index (χ0n) is 12.3. The van der Waals surface area contributed by atoms with E-state index in [0.717, 1.165) is 23.5 Å². The van der Waals surface area contributed by atoms with Gasteiger partial charge in [-0.2, -0.15) is 5.10 Å². The molecule has 0 saturated heterocycles. The third kappa shape index (κ3) is 3.26. The third-order valence-corrected chi connectivity index (χ3v) is 3.39. The van der Waals surface area contributed by atoms with E-state index in [1.54, 1.807) is 0 Å².